The van der Waals surface area contributed by atoms with Crippen LogP contribution in [0.15, 0.2) is 24.5 Å². The number of rotatable bonds is 4. The number of benzene rings is 1. The van der Waals surface area contributed by atoms with Gasteiger partial charge in [-0.25, -0.2) is 0 Å². The second kappa shape index (κ2) is 6.01. The maximum Gasteiger partial charge on any atom is 0.140 e. The minimum Gasteiger partial charge on any atom is -0.483 e. The molecule has 0 amide bonds. The quantitative estimate of drug-likeness (QED) is 0.878. The lowest BCUT2D eigenvalue weighted by Crippen LogP contribution is -2.18. The number of nitrogens with zero attached hydrogens (tertiary/aromatic N) is 2. The first-order chi connectivity index (χ1) is 9.01. The van der Waals surface area contributed by atoms with Crippen LogP contribution in [-0.4, -0.2) is 16.3 Å². The van der Waals surface area contributed by atoms with Crippen molar-refractivity contribution in [1.82, 2.24) is 9.78 Å². The zero-order valence-electron chi connectivity index (χ0n) is 10.1. The Morgan fingerprint density at radius 1 is 1.26 bits per heavy atom. The third-order valence-electron chi connectivity index (χ3n) is 2.55. The van der Waals surface area contributed by atoms with E-state index in [4.69, 9.17) is 45.3 Å². The summed E-state index contributed by atoms with van der Waals surface area (Å²) in [5, 5.41) is 5.23. The van der Waals surface area contributed by atoms with Gasteiger partial charge in [0.25, 0.3) is 0 Å². The lowest BCUT2D eigenvalue weighted by Gasteiger charge is -2.17. The molecule has 1 unspecified atom stereocenters. The van der Waals surface area contributed by atoms with Crippen molar-refractivity contribution in [2.24, 2.45) is 12.8 Å². The normalized spacial score (nSPS) is 12.5. The maximum atomic E-state index is 6.07. The largest absolute Gasteiger partial charge is 0.483 e. The van der Waals surface area contributed by atoms with Gasteiger partial charge < -0.3 is 10.5 Å². The first kappa shape index (κ1) is 14.5. The summed E-state index contributed by atoms with van der Waals surface area (Å²) < 4.78 is 7.45. The zero-order chi connectivity index (χ0) is 14.0. The summed E-state index contributed by atoms with van der Waals surface area (Å²) in [5.74, 6) is 0.440. The predicted molar refractivity (Wildman–Crippen MR) is 77.1 cm³/mol. The molecule has 7 heteroatoms. The lowest BCUT2D eigenvalue weighted by atomic mass is 10.2. The number of ether oxygens (including phenoxy) is 1. The third kappa shape index (κ3) is 3.34. The van der Waals surface area contributed by atoms with Crippen molar-refractivity contribution < 1.29 is 4.74 Å². The Balaban J connectivity index is 2.26. The first-order valence-electron chi connectivity index (χ1n) is 5.51. The fourth-order valence-electron chi connectivity index (χ4n) is 1.61. The Bertz CT molecular complexity index is 586. The highest BCUT2D eigenvalue weighted by Gasteiger charge is 2.16. The molecule has 4 nitrogen and oxygen atoms in total. The number of halogens is 3. The molecule has 2 rings (SSSR count). The molecule has 0 aliphatic carbocycles. The van der Waals surface area contributed by atoms with E-state index in [2.05, 4.69) is 5.10 Å². The Morgan fingerprint density at radius 3 is 2.53 bits per heavy atom. The van der Waals surface area contributed by atoms with E-state index < -0.39 is 0 Å². The van der Waals surface area contributed by atoms with E-state index in [9.17, 15) is 0 Å². The van der Waals surface area contributed by atoms with Crippen molar-refractivity contribution in [3.05, 3.63) is 45.2 Å². The van der Waals surface area contributed by atoms with Gasteiger partial charge >= 0.3 is 0 Å². The molecule has 0 saturated heterocycles. The summed E-state index contributed by atoms with van der Waals surface area (Å²) in [6.45, 7) is 0.294. The van der Waals surface area contributed by atoms with Crippen LogP contribution < -0.4 is 10.5 Å². The molecular weight excluding hydrogens is 309 g/mol. The number of hydrogen-bond acceptors (Lipinski definition) is 3. The molecule has 102 valence electrons. The Morgan fingerprint density at radius 2 is 1.95 bits per heavy atom. The van der Waals surface area contributed by atoms with Crippen LogP contribution in [0.2, 0.25) is 15.1 Å². The van der Waals surface area contributed by atoms with Gasteiger partial charge in [-0.15, -0.1) is 0 Å². The fraction of sp³-hybridized carbons (Fsp3) is 0.250. The molecule has 1 atom stereocenters. The summed E-state index contributed by atoms with van der Waals surface area (Å²) >= 11 is 17.9. The number of aryl methyl sites for hydroxylation is 1. The van der Waals surface area contributed by atoms with E-state index >= 15 is 0 Å². The number of nitrogens with two attached hydrogens (primary N) is 1. The molecule has 19 heavy (non-hydrogen) atoms. The van der Waals surface area contributed by atoms with Gasteiger partial charge in [-0.2, -0.15) is 5.10 Å². The summed E-state index contributed by atoms with van der Waals surface area (Å²) in [7, 11) is 1.82. The molecule has 2 N–H and O–H groups in total. The molecule has 0 aliphatic rings. The van der Waals surface area contributed by atoms with Crippen LogP contribution in [0.5, 0.6) is 5.75 Å². The minimum absolute atomic E-state index is 0.294. The molecular formula is C12H12Cl3N3O. The van der Waals surface area contributed by atoms with E-state index in [1.54, 1.807) is 16.9 Å². The minimum atomic E-state index is -0.344. The molecule has 1 aromatic carbocycles. The van der Waals surface area contributed by atoms with E-state index in [0.717, 1.165) is 5.56 Å². The smallest absolute Gasteiger partial charge is 0.140 e. The Kier molecular flexibility index (Phi) is 4.58. The van der Waals surface area contributed by atoms with Crippen LogP contribution in [0, 0.1) is 0 Å². The van der Waals surface area contributed by atoms with Crippen LogP contribution in [0.1, 0.15) is 11.7 Å². The fourth-order valence-corrected chi connectivity index (χ4v) is 2.19. The molecule has 0 fully saturated rings. The van der Waals surface area contributed by atoms with Gasteiger partial charge in [-0.3, -0.25) is 4.68 Å². The molecule has 1 aromatic heterocycles. The summed E-state index contributed by atoms with van der Waals surface area (Å²) in [5.41, 5.74) is 6.58. The predicted octanol–water partition coefficient (Wildman–Crippen LogP) is 3.46. The zero-order valence-corrected chi connectivity index (χ0v) is 12.4. The van der Waals surface area contributed by atoms with Crippen molar-refractivity contribution >= 4 is 34.8 Å². The summed E-state index contributed by atoms with van der Waals surface area (Å²) in [6.07, 6.45) is 3.19. The van der Waals surface area contributed by atoms with Crippen molar-refractivity contribution in [2.45, 2.75) is 6.10 Å². The molecule has 0 radical (unpaired) electrons. The van der Waals surface area contributed by atoms with Crippen LogP contribution in [0.4, 0.5) is 0 Å². The summed E-state index contributed by atoms with van der Waals surface area (Å²) in [6, 6.07) is 3.11. The van der Waals surface area contributed by atoms with E-state index in [1.165, 1.54) is 6.07 Å². The van der Waals surface area contributed by atoms with E-state index in [-0.39, 0.29) is 6.10 Å². The summed E-state index contributed by atoms with van der Waals surface area (Å²) in [4.78, 5) is 0. The SMILES string of the molecule is Cn1cc(C(CN)Oc2cc(Cl)c(Cl)cc2Cl)cn1. The first-order valence-corrected chi connectivity index (χ1v) is 6.64. The number of hydrogen-bond donors (Lipinski definition) is 1. The van der Waals surface area contributed by atoms with E-state index in [1.807, 2.05) is 13.2 Å². The van der Waals surface area contributed by atoms with Gasteiger partial charge in [-0.1, -0.05) is 34.8 Å². The van der Waals surface area contributed by atoms with Crippen LogP contribution in [0.25, 0.3) is 0 Å². The van der Waals surface area contributed by atoms with Gasteiger partial charge in [0.05, 0.1) is 21.3 Å². The van der Waals surface area contributed by atoms with Gasteiger partial charge in [0, 0.05) is 31.4 Å². The van der Waals surface area contributed by atoms with Gasteiger partial charge in [0.15, 0.2) is 0 Å². The highest BCUT2D eigenvalue weighted by Crippen LogP contribution is 2.35. The third-order valence-corrected chi connectivity index (χ3v) is 3.57. The Hall–Kier alpha value is -0.940. The highest BCUT2D eigenvalue weighted by atomic mass is 35.5. The van der Waals surface area contributed by atoms with Crippen LogP contribution in [0.3, 0.4) is 0 Å². The highest BCUT2D eigenvalue weighted by molar-refractivity contribution is 6.43. The second-order valence-corrected chi connectivity index (χ2v) is 5.21. The molecule has 0 saturated carbocycles. The molecule has 1 heterocycles. The maximum absolute atomic E-state index is 6.07. The van der Waals surface area contributed by atoms with Gasteiger partial charge in [0.2, 0.25) is 0 Å². The average molecular weight is 321 g/mol. The standard InChI is InChI=1S/C12H12Cl3N3O/c1-18-6-7(5-17-18)12(4-16)19-11-3-9(14)8(13)2-10(11)15/h2-3,5-6,12H,4,16H2,1H3. The average Bonchev–Trinajstić information content (AvgIpc) is 2.78. The monoisotopic (exact) mass is 319 g/mol. The van der Waals surface area contributed by atoms with Crippen LogP contribution >= 0.6 is 34.8 Å². The van der Waals surface area contributed by atoms with Gasteiger partial charge in [0.1, 0.15) is 11.9 Å². The van der Waals surface area contributed by atoms with E-state index in [0.29, 0.717) is 27.4 Å². The molecule has 2 aromatic rings. The van der Waals surface area contributed by atoms with Crippen molar-refractivity contribution in [3.63, 3.8) is 0 Å². The van der Waals surface area contributed by atoms with Crippen LogP contribution in [-0.2, 0) is 7.05 Å². The van der Waals surface area contributed by atoms with Gasteiger partial charge in [-0.05, 0) is 6.07 Å². The topological polar surface area (TPSA) is 53.1 Å². The number of aromatic nitrogens is 2. The lowest BCUT2D eigenvalue weighted by molar-refractivity contribution is 0.214. The van der Waals surface area contributed by atoms with Crippen molar-refractivity contribution in [3.8, 4) is 5.75 Å². The molecule has 0 aliphatic heterocycles. The van der Waals surface area contributed by atoms with Crippen molar-refractivity contribution in [1.29, 1.82) is 0 Å². The second-order valence-electron chi connectivity index (χ2n) is 3.99. The molecule has 0 spiro atoms. The Labute approximate surface area is 126 Å². The van der Waals surface area contributed by atoms with Crippen molar-refractivity contribution in [2.75, 3.05) is 6.54 Å². The molecule has 0 bridgehead atoms.